The van der Waals surface area contributed by atoms with Crippen LogP contribution in [0.1, 0.15) is 42.7 Å². The zero-order valence-corrected chi connectivity index (χ0v) is 10.9. The van der Waals surface area contributed by atoms with E-state index >= 15 is 0 Å². The van der Waals surface area contributed by atoms with Crippen LogP contribution in [-0.2, 0) is 6.54 Å². The third-order valence-electron chi connectivity index (χ3n) is 2.71. The molecule has 0 aliphatic carbocycles. The van der Waals surface area contributed by atoms with E-state index in [2.05, 4.69) is 10.3 Å². The number of rotatable bonds is 6. The van der Waals surface area contributed by atoms with Crippen LogP contribution in [0, 0.1) is 0 Å². The van der Waals surface area contributed by atoms with Gasteiger partial charge in [0.05, 0.1) is 11.3 Å². The second kappa shape index (κ2) is 6.47. The van der Waals surface area contributed by atoms with Crippen LogP contribution in [0.5, 0.6) is 0 Å². The fourth-order valence-corrected chi connectivity index (χ4v) is 1.73. The van der Waals surface area contributed by atoms with Gasteiger partial charge in [-0.1, -0.05) is 13.3 Å². The van der Waals surface area contributed by atoms with E-state index in [0.29, 0.717) is 24.2 Å². The standard InChI is InChI=1S/C13H21N3O2/c1-3-5-13(2,18)9-16-12(17)10-4-6-15-11(7-10)8-14/h4,6-7,18H,3,5,8-9,14H2,1-2H3,(H,16,17). The summed E-state index contributed by atoms with van der Waals surface area (Å²) < 4.78 is 0. The van der Waals surface area contributed by atoms with Crippen LogP contribution in [-0.4, -0.2) is 28.1 Å². The maximum atomic E-state index is 11.9. The van der Waals surface area contributed by atoms with Crippen molar-refractivity contribution < 1.29 is 9.90 Å². The molecular weight excluding hydrogens is 230 g/mol. The third-order valence-corrected chi connectivity index (χ3v) is 2.71. The molecule has 4 N–H and O–H groups in total. The van der Waals surface area contributed by atoms with E-state index in [1.54, 1.807) is 25.3 Å². The molecule has 0 saturated carbocycles. The number of aliphatic hydroxyl groups is 1. The summed E-state index contributed by atoms with van der Waals surface area (Å²) in [5, 5.41) is 12.7. The molecule has 1 atom stereocenters. The molecule has 1 rings (SSSR count). The normalized spacial score (nSPS) is 14.0. The summed E-state index contributed by atoms with van der Waals surface area (Å²) in [7, 11) is 0. The molecule has 5 heteroatoms. The Morgan fingerprint density at radius 3 is 2.94 bits per heavy atom. The van der Waals surface area contributed by atoms with Gasteiger partial charge in [0.1, 0.15) is 0 Å². The van der Waals surface area contributed by atoms with Crippen molar-refractivity contribution in [3.63, 3.8) is 0 Å². The Hall–Kier alpha value is -1.46. The molecule has 5 nitrogen and oxygen atoms in total. The van der Waals surface area contributed by atoms with Crippen LogP contribution in [0.25, 0.3) is 0 Å². The topological polar surface area (TPSA) is 88.2 Å². The number of carbonyl (C=O) groups is 1. The van der Waals surface area contributed by atoms with E-state index in [0.717, 1.165) is 6.42 Å². The van der Waals surface area contributed by atoms with Crippen LogP contribution >= 0.6 is 0 Å². The maximum absolute atomic E-state index is 11.9. The minimum Gasteiger partial charge on any atom is -0.388 e. The summed E-state index contributed by atoms with van der Waals surface area (Å²) in [6.07, 6.45) is 3.08. The number of amides is 1. The minimum atomic E-state index is -0.867. The van der Waals surface area contributed by atoms with E-state index in [-0.39, 0.29) is 12.5 Å². The van der Waals surface area contributed by atoms with Crippen LogP contribution in [0.4, 0.5) is 0 Å². The molecule has 18 heavy (non-hydrogen) atoms. The molecule has 0 fully saturated rings. The Bertz CT molecular complexity index is 405. The predicted molar refractivity (Wildman–Crippen MR) is 70.0 cm³/mol. The number of nitrogens with one attached hydrogen (secondary N) is 1. The number of nitrogens with zero attached hydrogens (tertiary/aromatic N) is 1. The van der Waals surface area contributed by atoms with Gasteiger partial charge in [-0.2, -0.15) is 0 Å². The maximum Gasteiger partial charge on any atom is 0.251 e. The van der Waals surface area contributed by atoms with Crippen molar-refractivity contribution in [1.29, 1.82) is 0 Å². The number of hydrogen-bond donors (Lipinski definition) is 3. The van der Waals surface area contributed by atoms with Crippen LogP contribution in [0.3, 0.4) is 0 Å². The molecule has 0 aliphatic rings. The average molecular weight is 251 g/mol. The van der Waals surface area contributed by atoms with Crippen molar-refractivity contribution in [2.45, 2.75) is 38.8 Å². The average Bonchev–Trinajstić information content (AvgIpc) is 2.36. The van der Waals surface area contributed by atoms with Gasteiger partial charge in [0.15, 0.2) is 0 Å². The van der Waals surface area contributed by atoms with Crippen molar-refractivity contribution in [3.8, 4) is 0 Å². The molecule has 0 saturated heterocycles. The highest BCUT2D eigenvalue weighted by atomic mass is 16.3. The predicted octanol–water partition coefficient (Wildman–Crippen LogP) is 0.821. The van der Waals surface area contributed by atoms with Crippen LogP contribution in [0.2, 0.25) is 0 Å². The van der Waals surface area contributed by atoms with Gasteiger partial charge in [-0.05, 0) is 25.5 Å². The van der Waals surface area contributed by atoms with Gasteiger partial charge >= 0.3 is 0 Å². The Balaban J connectivity index is 2.60. The van der Waals surface area contributed by atoms with Gasteiger partial charge in [-0.15, -0.1) is 0 Å². The van der Waals surface area contributed by atoms with E-state index in [4.69, 9.17) is 5.73 Å². The summed E-state index contributed by atoms with van der Waals surface area (Å²) in [6.45, 7) is 4.25. The monoisotopic (exact) mass is 251 g/mol. The summed E-state index contributed by atoms with van der Waals surface area (Å²) >= 11 is 0. The quantitative estimate of drug-likeness (QED) is 0.698. The van der Waals surface area contributed by atoms with E-state index in [1.165, 1.54) is 0 Å². The van der Waals surface area contributed by atoms with Crippen LogP contribution < -0.4 is 11.1 Å². The summed E-state index contributed by atoms with van der Waals surface area (Å²) in [5.74, 6) is -0.219. The smallest absolute Gasteiger partial charge is 0.251 e. The molecule has 1 unspecified atom stereocenters. The second-order valence-corrected chi connectivity index (χ2v) is 4.67. The highest BCUT2D eigenvalue weighted by Gasteiger charge is 2.20. The molecule has 1 amide bonds. The van der Waals surface area contributed by atoms with E-state index < -0.39 is 5.60 Å². The lowest BCUT2D eigenvalue weighted by atomic mass is 10.0. The van der Waals surface area contributed by atoms with E-state index in [1.807, 2.05) is 6.92 Å². The number of hydrogen-bond acceptors (Lipinski definition) is 4. The number of aromatic nitrogens is 1. The largest absolute Gasteiger partial charge is 0.388 e. The Morgan fingerprint density at radius 2 is 2.33 bits per heavy atom. The first-order valence-corrected chi connectivity index (χ1v) is 6.14. The summed E-state index contributed by atoms with van der Waals surface area (Å²) in [4.78, 5) is 15.9. The van der Waals surface area contributed by atoms with Crippen LogP contribution in [0.15, 0.2) is 18.3 Å². The fourth-order valence-electron chi connectivity index (χ4n) is 1.73. The Labute approximate surface area is 107 Å². The van der Waals surface area contributed by atoms with Crippen molar-refractivity contribution in [3.05, 3.63) is 29.6 Å². The third kappa shape index (κ3) is 4.43. The molecule has 0 aromatic carbocycles. The number of nitrogens with two attached hydrogens (primary N) is 1. The molecule has 1 aromatic rings. The van der Waals surface area contributed by atoms with Gasteiger partial charge in [0.2, 0.25) is 0 Å². The highest BCUT2D eigenvalue weighted by molar-refractivity contribution is 5.94. The van der Waals surface area contributed by atoms with Gasteiger partial charge in [0.25, 0.3) is 5.91 Å². The first-order chi connectivity index (χ1) is 8.48. The van der Waals surface area contributed by atoms with Crippen molar-refractivity contribution in [2.75, 3.05) is 6.54 Å². The molecule has 0 spiro atoms. The van der Waals surface area contributed by atoms with E-state index in [9.17, 15) is 9.90 Å². The molecule has 100 valence electrons. The molecular formula is C13H21N3O2. The fraction of sp³-hybridized carbons (Fsp3) is 0.538. The first kappa shape index (κ1) is 14.6. The lowest BCUT2D eigenvalue weighted by Crippen LogP contribution is -2.40. The lowest BCUT2D eigenvalue weighted by Gasteiger charge is -2.22. The van der Waals surface area contributed by atoms with Gasteiger partial charge in [0, 0.05) is 24.8 Å². The number of carbonyl (C=O) groups excluding carboxylic acids is 1. The van der Waals surface area contributed by atoms with Crippen molar-refractivity contribution in [2.24, 2.45) is 5.73 Å². The molecule has 0 aliphatic heterocycles. The summed E-state index contributed by atoms with van der Waals surface area (Å²) in [5.41, 5.74) is 5.78. The highest BCUT2D eigenvalue weighted by Crippen LogP contribution is 2.10. The molecule has 1 aromatic heterocycles. The molecule has 0 radical (unpaired) electrons. The van der Waals surface area contributed by atoms with Crippen molar-refractivity contribution >= 4 is 5.91 Å². The molecule has 1 heterocycles. The summed E-state index contributed by atoms with van der Waals surface area (Å²) in [6, 6.07) is 3.28. The Morgan fingerprint density at radius 1 is 1.61 bits per heavy atom. The minimum absolute atomic E-state index is 0.219. The number of pyridine rings is 1. The van der Waals surface area contributed by atoms with Gasteiger partial charge in [-0.25, -0.2) is 0 Å². The lowest BCUT2D eigenvalue weighted by molar-refractivity contribution is 0.0469. The second-order valence-electron chi connectivity index (χ2n) is 4.67. The zero-order valence-electron chi connectivity index (χ0n) is 10.9. The zero-order chi connectivity index (χ0) is 13.6. The molecule has 0 bridgehead atoms. The van der Waals surface area contributed by atoms with Gasteiger partial charge < -0.3 is 16.2 Å². The van der Waals surface area contributed by atoms with Gasteiger partial charge in [-0.3, -0.25) is 9.78 Å². The van der Waals surface area contributed by atoms with Crippen molar-refractivity contribution in [1.82, 2.24) is 10.3 Å². The Kier molecular flexibility index (Phi) is 5.25. The SMILES string of the molecule is CCCC(C)(O)CNC(=O)c1ccnc(CN)c1. The first-order valence-electron chi connectivity index (χ1n) is 6.14.